The van der Waals surface area contributed by atoms with E-state index in [9.17, 15) is 5.11 Å². The van der Waals surface area contributed by atoms with Crippen molar-refractivity contribution < 1.29 is 5.11 Å². The minimum Gasteiger partial charge on any atom is -0.390 e. The fourth-order valence-electron chi connectivity index (χ4n) is 1.61. The molecule has 0 unspecified atom stereocenters. The summed E-state index contributed by atoms with van der Waals surface area (Å²) < 4.78 is 2.74. The van der Waals surface area contributed by atoms with Gasteiger partial charge in [-0.15, -0.1) is 11.3 Å². The SMILES string of the molecule is OCc1cnc2ccc(-c3ccc(Br)s3)nn12. The maximum absolute atomic E-state index is 9.18. The average molecular weight is 310 g/mol. The summed E-state index contributed by atoms with van der Waals surface area (Å²) in [5, 5.41) is 13.7. The molecule has 0 fully saturated rings. The third kappa shape index (κ3) is 1.88. The molecule has 0 radical (unpaired) electrons. The van der Waals surface area contributed by atoms with Crippen molar-refractivity contribution >= 4 is 32.9 Å². The van der Waals surface area contributed by atoms with Crippen LogP contribution < -0.4 is 0 Å². The van der Waals surface area contributed by atoms with Crippen LogP contribution in [0, 0.1) is 0 Å². The molecule has 0 spiro atoms. The van der Waals surface area contributed by atoms with E-state index < -0.39 is 0 Å². The van der Waals surface area contributed by atoms with Gasteiger partial charge in [-0.05, 0) is 40.2 Å². The van der Waals surface area contributed by atoms with Crippen molar-refractivity contribution in [1.29, 1.82) is 0 Å². The summed E-state index contributed by atoms with van der Waals surface area (Å²) in [6, 6.07) is 7.84. The van der Waals surface area contributed by atoms with Gasteiger partial charge in [0.05, 0.1) is 27.2 Å². The number of nitrogens with zero attached hydrogens (tertiary/aromatic N) is 3. The second-order valence-electron chi connectivity index (χ2n) is 3.50. The van der Waals surface area contributed by atoms with E-state index in [1.54, 1.807) is 22.0 Å². The molecule has 3 aromatic rings. The maximum Gasteiger partial charge on any atom is 0.153 e. The van der Waals surface area contributed by atoms with Gasteiger partial charge in [-0.1, -0.05) is 0 Å². The molecule has 0 bridgehead atoms. The third-order valence-corrected chi connectivity index (χ3v) is 4.07. The molecule has 3 aromatic heterocycles. The standard InChI is InChI=1S/C11H8BrN3OS/c12-10-3-2-9(17-10)8-1-4-11-13-5-7(6-16)15(11)14-8/h1-5,16H,6H2. The Kier molecular flexibility index (Phi) is 2.70. The van der Waals surface area contributed by atoms with Crippen molar-refractivity contribution in [3.05, 3.63) is 39.9 Å². The molecular weight excluding hydrogens is 302 g/mol. The highest BCUT2D eigenvalue weighted by Gasteiger charge is 2.07. The first-order valence-corrected chi connectivity index (χ1v) is 6.59. The molecule has 4 nitrogen and oxygen atoms in total. The van der Waals surface area contributed by atoms with Gasteiger partial charge in [0.2, 0.25) is 0 Å². The fourth-order valence-corrected chi connectivity index (χ4v) is 2.96. The van der Waals surface area contributed by atoms with Gasteiger partial charge in [0.15, 0.2) is 5.65 Å². The molecule has 0 aliphatic rings. The van der Waals surface area contributed by atoms with Crippen LogP contribution in [-0.4, -0.2) is 19.7 Å². The van der Waals surface area contributed by atoms with E-state index in [0.29, 0.717) is 5.69 Å². The number of aliphatic hydroxyl groups is 1. The number of aliphatic hydroxyl groups excluding tert-OH is 1. The minimum absolute atomic E-state index is 0.0637. The molecule has 6 heteroatoms. The number of hydrogen-bond donors (Lipinski definition) is 1. The zero-order valence-electron chi connectivity index (χ0n) is 8.67. The summed E-state index contributed by atoms with van der Waals surface area (Å²) >= 11 is 5.05. The van der Waals surface area contributed by atoms with Gasteiger partial charge in [-0.25, -0.2) is 9.50 Å². The lowest BCUT2D eigenvalue weighted by Gasteiger charge is -2.00. The monoisotopic (exact) mass is 309 g/mol. The molecule has 3 heterocycles. The summed E-state index contributed by atoms with van der Waals surface area (Å²) in [5.41, 5.74) is 2.31. The number of fused-ring (bicyclic) bond motifs is 1. The van der Waals surface area contributed by atoms with Gasteiger partial charge in [-0.2, -0.15) is 5.10 Å². The van der Waals surface area contributed by atoms with Crippen LogP contribution in [0.1, 0.15) is 5.69 Å². The molecular formula is C11H8BrN3OS. The van der Waals surface area contributed by atoms with E-state index in [1.165, 1.54) is 0 Å². The number of halogens is 1. The Hall–Kier alpha value is -1.24. The maximum atomic E-state index is 9.18. The molecule has 0 atom stereocenters. The van der Waals surface area contributed by atoms with Gasteiger partial charge in [0.25, 0.3) is 0 Å². The van der Waals surface area contributed by atoms with Crippen molar-refractivity contribution in [2.24, 2.45) is 0 Å². The van der Waals surface area contributed by atoms with Gasteiger partial charge in [-0.3, -0.25) is 0 Å². The molecule has 3 rings (SSSR count). The van der Waals surface area contributed by atoms with E-state index in [1.807, 2.05) is 24.3 Å². The quantitative estimate of drug-likeness (QED) is 0.792. The van der Waals surface area contributed by atoms with Crippen LogP contribution in [0.3, 0.4) is 0 Å². The smallest absolute Gasteiger partial charge is 0.153 e. The van der Waals surface area contributed by atoms with Crippen molar-refractivity contribution in [3.63, 3.8) is 0 Å². The fraction of sp³-hybridized carbons (Fsp3) is 0.0909. The summed E-state index contributed by atoms with van der Waals surface area (Å²) in [7, 11) is 0. The first-order chi connectivity index (χ1) is 8.28. The van der Waals surface area contributed by atoms with Crippen molar-refractivity contribution in [2.75, 3.05) is 0 Å². The Morgan fingerprint density at radius 1 is 1.29 bits per heavy atom. The second kappa shape index (κ2) is 4.21. The third-order valence-electron chi connectivity index (χ3n) is 2.42. The van der Waals surface area contributed by atoms with Crippen LogP contribution >= 0.6 is 27.3 Å². The number of thiophene rings is 1. The highest BCUT2D eigenvalue weighted by atomic mass is 79.9. The van der Waals surface area contributed by atoms with Crippen LogP contribution in [0.4, 0.5) is 0 Å². The molecule has 0 aliphatic carbocycles. The van der Waals surface area contributed by atoms with Gasteiger partial charge < -0.3 is 5.11 Å². The minimum atomic E-state index is -0.0637. The van der Waals surface area contributed by atoms with Crippen molar-refractivity contribution in [1.82, 2.24) is 14.6 Å². The zero-order valence-corrected chi connectivity index (χ0v) is 11.1. The van der Waals surface area contributed by atoms with Crippen LogP contribution in [0.15, 0.2) is 34.2 Å². The van der Waals surface area contributed by atoms with E-state index in [4.69, 9.17) is 0 Å². The largest absolute Gasteiger partial charge is 0.390 e. The van der Waals surface area contributed by atoms with Crippen LogP contribution in [0.2, 0.25) is 0 Å². The van der Waals surface area contributed by atoms with Crippen LogP contribution in [0.25, 0.3) is 16.2 Å². The van der Waals surface area contributed by atoms with Gasteiger partial charge >= 0.3 is 0 Å². The summed E-state index contributed by atoms with van der Waals surface area (Å²) in [6.45, 7) is -0.0637. The highest BCUT2D eigenvalue weighted by Crippen LogP contribution is 2.30. The Morgan fingerprint density at radius 2 is 2.18 bits per heavy atom. The Balaban J connectivity index is 2.18. The predicted molar refractivity (Wildman–Crippen MR) is 69.9 cm³/mol. The first-order valence-electron chi connectivity index (χ1n) is 4.98. The lowest BCUT2D eigenvalue weighted by Crippen LogP contribution is -1.98. The van der Waals surface area contributed by atoms with Crippen LogP contribution in [-0.2, 0) is 6.61 Å². The van der Waals surface area contributed by atoms with E-state index >= 15 is 0 Å². The average Bonchev–Trinajstić information content (AvgIpc) is 2.94. The molecule has 17 heavy (non-hydrogen) atoms. The number of hydrogen-bond acceptors (Lipinski definition) is 4. The lowest BCUT2D eigenvalue weighted by atomic mass is 10.3. The molecule has 86 valence electrons. The van der Waals surface area contributed by atoms with Crippen molar-refractivity contribution in [3.8, 4) is 10.6 Å². The zero-order chi connectivity index (χ0) is 11.8. The summed E-state index contributed by atoms with van der Waals surface area (Å²) in [6.07, 6.45) is 1.64. The number of imidazole rings is 1. The normalized spacial score (nSPS) is 11.2. The van der Waals surface area contributed by atoms with E-state index in [-0.39, 0.29) is 6.61 Å². The molecule has 0 aliphatic heterocycles. The Labute approximate surface area is 110 Å². The number of rotatable bonds is 2. The Morgan fingerprint density at radius 3 is 2.88 bits per heavy atom. The van der Waals surface area contributed by atoms with E-state index in [2.05, 4.69) is 26.0 Å². The molecule has 0 aromatic carbocycles. The summed E-state index contributed by atoms with van der Waals surface area (Å²) in [4.78, 5) is 5.24. The summed E-state index contributed by atoms with van der Waals surface area (Å²) in [5.74, 6) is 0. The predicted octanol–water partition coefficient (Wildman–Crippen LogP) is 2.71. The molecule has 0 saturated heterocycles. The Bertz CT molecular complexity index is 676. The first kappa shape index (κ1) is 10.9. The van der Waals surface area contributed by atoms with Gasteiger partial charge in [0.1, 0.15) is 5.69 Å². The van der Waals surface area contributed by atoms with Gasteiger partial charge in [0, 0.05) is 0 Å². The van der Waals surface area contributed by atoms with Crippen LogP contribution in [0.5, 0.6) is 0 Å². The molecule has 0 saturated carbocycles. The second-order valence-corrected chi connectivity index (χ2v) is 5.96. The lowest BCUT2D eigenvalue weighted by molar-refractivity contribution is 0.274. The molecule has 1 N–H and O–H groups in total. The topological polar surface area (TPSA) is 50.4 Å². The van der Waals surface area contributed by atoms with E-state index in [0.717, 1.165) is 20.0 Å². The number of aromatic nitrogens is 3. The highest BCUT2D eigenvalue weighted by molar-refractivity contribution is 9.11. The van der Waals surface area contributed by atoms with Crippen molar-refractivity contribution in [2.45, 2.75) is 6.61 Å². The molecule has 0 amide bonds.